The number of hydrogen-bond acceptors (Lipinski definition) is 4. The molecule has 0 saturated heterocycles. The van der Waals surface area contributed by atoms with Crippen LogP contribution in [0, 0.1) is 0 Å². The molecule has 1 aliphatic rings. The van der Waals surface area contributed by atoms with Crippen LogP contribution in [0.1, 0.15) is 17.0 Å². The molecule has 0 bridgehead atoms. The Kier molecular flexibility index (Phi) is 6.37. The molecule has 0 fully saturated rings. The van der Waals surface area contributed by atoms with E-state index in [-0.39, 0.29) is 11.8 Å². The van der Waals surface area contributed by atoms with E-state index in [1.807, 2.05) is 54.6 Å². The second-order valence-corrected chi connectivity index (χ2v) is 7.82. The van der Waals surface area contributed by atoms with Crippen molar-refractivity contribution in [2.75, 3.05) is 25.5 Å². The van der Waals surface area contributed by atoms with Crippen LogP contribution in [-0.4, -0.2) is 31.4 Å². The van der Waals surface area contributed by atoms with Gasteiger partial charge in [-0.3, -0.25) is 4.79 Å². The fourth-order valence-corrected chi connectivity index (χ4v) is 4.08. The molecule has 5 heteroatoms. The van der Waals surface area contributed by atoms with Crippen molar-refractivity contribution in [3.05, 3.63) is 90.0 Å². The minimum absolute atomic E-state index is 0.0155. The Bertz CT molecular complexity index is 907. The van der Waals surface area contributed by atoms with Gasteiger partial charge >= 0.3 is 0 Å². The van der Waals surface area contributed by atoms with Gasteiger partial charge in [0, 0.05) is 17.4 Å². The summed E-state index contributed by atoms with van der Waals surface area (Å²) in [6.07, 6.45) is 0. The van der Waals surface area contributed by atoms with E-state index in [0.29, 0.717) is 25.5 Å². The molecule has 0 aliphatic carbocycles. The molecule has 0 spiro atoms. The standard InChI is InChI=1S/C24H23NO3S/c26-24(17-29-20-11-12-22-23(15-20)28-14-13-27-22)25-16-21(18-7-3-1-4-8-18)19-9-5-2-6-10-19/h1-12,15,21H,13-14,16-17H2,(H,25,26). The van der Waals surface area contributed by atoms with Gasteiger partial charge in [0.25, 0.3) is 0 Å². The number of hydrogen-bond donors (Lipinski definition) is 1. The van der Waals surface area contributed by atoms with Crippen LogP contribution in [0.15, 0.2) is 83.8 Å². The van der Waals surface area contributed by atoms with Gasteiger partial charge < -0.3 is 14.8 Å². The van der Waals surface area contributed by atoms with Gasteiger partial charge in [0.1, 0.15) is 13.2 Å². The molecule has 0 aromatic heterocycles. The van der Waals surface area contributed by atoms with Crippen molar-refractivity contribution in [3.8, 4) is 11.5 Å². The number of benzene rings is 3. The van der Waals surface area contributed by atoms with Gasteiger partial charge in [-0.25, -0.2) is 0 Å². The summed E-state index contributed by atoms with van der Waals surface area (Å²) >= 11 is 1.50. The van der Waals surface area contributed by atoms with Gasteiger partial charge in [0.2, 0.25) is 5.91 Å². The summed E-state index contributed by atoms with van der Waals surface area (Å²) in [4.78, 5) is 13.5. The lowest BCUT2D eigenvalue weighted by atomic mass is 9.91. The molecule has 4 nitrogen and oxygen atoms in total. The summed E-state index contributed by atoms with van der Waals surface area (Å²) in [6, 6.07) is 26.4. The summed E-state index contributed by atoms with van der Waals surface area (Å²) in [5, 5.41) is 3.10. The van der Waals surface area contributed by atoms with Crippen molar-refractivity contribution in [2.24, 2.45) is 0 Å². The zero-order valence-corrected chi connectivity index (χ0v) is 16.9. The average molecular weight is 406 g/mol. The molecular weight excluding hydrogens is 382 g/mol. The van der Waals surface area contributed by atoms with Crippen molar-refractivity contribution >= 4 is 17.7 Å². The van der Waals surface area contributed by atoms with Gasteiger partial charge in [0.15, 0.2) is 11.5 Å². The number of amides is 1. The second kappa shape index (κ2) is 9.52. The number of fused-ring (bicyclic) bond motifs is 1. The number of carbonyl (C=O) groups excluding carboxylic acids is 1. The van der Waals surface area contributed by atoms with Crippen molar-refractivity contribution in [3.63, 3.8) is 0 Å². The predicted octanol–water partition coefficient (Wildman–Crippen LogP) is 4.50. The monoisotopic (exact) mass is 405 g/mol. The van der Waals surface area contributed by atoms with Gasteiger partial charge in [0.05, 0.1) is 5.75 Å². The molecule has 0 radical (unpaired) electrons. The molecular formula is C24H23NO3S. The minimum atomic E-state index is 0.0155. The molecule has 1 aliphatic heterocycles. The van der Waals surface area contributed by atoms with Gasteiger partial charge in [-0.15, -0.1) is 11.8 Å². The third kappa shape index (κ3) is 5.12. The average Bonchev–Trinajstić information content (AvgIpc) is 2.79. The Labute approximate surface area is 175 Å². The highest BCUT2D eigenvalue weighted by Gasteiger charge is 2.16. The Morgan fingerprint density at radius 2 is 1.48 bits per heavy atom. The van der Waals surface area contributed by atoms with Crippen LogP contribution < -0.4 is 14.8 Å². The van der Waals surface area contributed by atoms with Crippen molar-refractivity contribution < 1.29 is 14.3 Å². The van der Waals surface area contributed by atoms with Crippen LogP contribution in [0.5, 0.6) is 11.5 Å². The molecule has 3 aromatic rings. The topological polar surface area (TPSA) is 47.6 Å². The number of nitrogens with one attached hydrogen (secondary N) is 1. The summed E-state index contributed by atoms with van der Waals surface area (Å²) in [5.41, 5.74) is 2.39. The predicted molar refractivity (Wildman–Crippen MR) is 116 cm³/mol. The van der Waals surface area contributed by atoms with E-state index >= 15 is 0 Å². The quantitative estimate of drug-likeness (QED) is 0.588. The van der Waals surface area contributed by atoms with E-state index in [2.05, 4.69) is 29.6 Å². The third-order valence-corrected chi connectivity index (χ3v) is 5.78. The molecule has 0 unspecified atom stereocenters. The van der Waals surface area contributed by atoms with Crippen LogP contribution in [0.3, 0.4) is 0 Å². The Morgan fingerprint density at radius 3 is 2.14 bits per heavy atom. The van der Waals surface area contributed by atoms with Crippen molar-refractivity contribution in [1.82, 2.24) is 5.32 Å². The van der Waals surface area contributed by atoms with E-state index in [9.17, 15) is 4.79 Å². The lowest BCUT2D eigenvalue weighted by molar-refractivity contribution is -0.118. The van der Waals surface area contributed by atoms with E-state index < -0.39 is 0 Å². The third-order valence-electron chi connectivity index (χ3n) is 4.79. The van der Waals surface area contributed by atoms with Crippen molar-refractivity contribution in [1.29, 1.82) is 0 Å². The summed E-state index contributed by atoms with van der Waals surface area (Å²) < 4.78 is 11.1. The van der Waals surface area contributed by atoms with Gasteiger partial charge in [-0.1, -0.05) is 60.7 Å². The SMILES string of the molecule is O=C(CSc1ccc2c(c1)OCCO2)NCC(c1ccccc1)c1ccccc1. The van der Waals surface area contributed by atoms with Crippen LogP contribution >= 0.6 is 11.8 Å². The van der Waals surface area contributed by atoms with E-state index in [4.69, 9.17) is 9.47 Å². The molecule has 3 aromatic carbocycles. The fourth-order valence-electron chi connectivity index (χ4n) is 3.33. The molecule has 4 rings (SSSR count). The number of ether oxygens (including phenoxy) is 2. The maximum atomic E-state index is 12.5. The highest BCUT2D eigenvalue weighted by Crippen LogP contribution is 2.34. The van der Waals surface area contributed by atoms with Crippen LogP contribution in [0.4, 0.5) is 0 Å². The largest absolute Gasteiger partial charge is 0.486 e. The first-order valence-corrected chi connectivity index (χ1v) is 10.7. The maximum absolute atomic E-state index is 12.5. The fraction of sp³-hybridized carbons (Fsp3) is 0.208. The van der Waals surface area contributed by atoms with Crippen molar-refractivity contribution in [2.45, 2.75) is 10.8 Å². The highest BCUT2D eigenvalue weighted by molar-refractivity contribution is 8.00. The van der Waals surface area contributed by atoms with E-state index in [1.54, 1.807) is 0 Å². The highest BCUT2D eigenvalue weighted by atomic mass is 32.2. The molecule has 148 valence electrons. The Morgan fingerprint density at radius 1 is 0.862 bits per heavy atom. The normalized spacial score (nSPS) is 12.6. The summed E-state index contributed by atoms with van der Waals surface area (Å²) in [7, 11) is 0. The van der Waals surface area contributed by atoms with Gasteiger partial charge in [-0.05, 0) is 29.3 Å². The molecule has 29 heavy (non-hydrogen) atoms. The molecule has 1 N–H and O–H groups in total. The molecule has 0 atom stereocenters. The zero-order valence-electron chi connectivity index (χ0n) is 16.0. The molecule has 1 amide bonds. The van der Waals surface area contributed by atoms with Gasteiger partial charge in [-0.2, -0.15) is 0 Å². The Balaban J connectivity index is 1.36. The first-order chi connectivity index (χ1) is 14.3. The molecule has 0 saturated carbocycles. The molecule has 1 heterocycles. The minimum Gasteiger partial charge on any atom is -0.486 e. The van der Waals surface area contributed by atoms with Crippen LogP contribution in [-0.2, 0) is 4.79 Å². The first kappa shape index (κ1) is 19.4. The number of thioether (sulfide) groups is 1. The summed E-state index contributed by atoms with van der Waals surface area (Å²) in [5.74, 6) is 2.01. The number of carbonyl (C=O) groups is 1. The maximum Gasteiger partial charge on any atom is 0.230 e. The summed E-state index contributed by atoms with van der Waals surface area (Å²) in [6.45, 7) is 1.70. The lowest BCUT2D eigenvalue weighted by Crippen LogP contribution is -2.30. The van der Waals surface area contributed by atoms with Crippen LogP contribution in [0.2, 0.25) is 0 Å². The zero-order chi connectivity index (χ0) is 19.9. The second-order valence-electron chi connectivity index (χ2n) is 6.77. The number of rotatable bonds is 7. The van der Waals surface area contributed by atoms with Crippen LogP contribution in [0.25, 0.3) is 0 Å². The Hall–Kier alpha value is -2.92. The smallest absolute Gasteiger partial charge is 0.230 e. The first-order valence-electron chi connectivity index (χ1n) is 9.68. The lowest BCUT2D eigenvalue weighted by Gasteiger charge is -2.19. The van der Waals surface area contributed by atoms with E-state index in [0.717, 1.165) is 16.4 Å². The van der Waals surface area contributed by atoms with E-state index in [1.165, 1.54) is 22.9 Å².